The van der Waals surface area contributed by atoms with Gasteiger partial charge in [0.25, 0.3) is 0 Å². The van der Waals surface area contributed by atoms with Gasteiger partial charge in [-0.05, 0) is 77.6 Å². The average molecular weight is 366 g/mol. The fourth-order valence-electron chi connectivity index (χ4n) is 3.58. The summed E-state index contributed by atoms with van der Waals surface area (Å²) in [4.78, 5) is 0. The zero-order chi connectivity index (χ0) is 19.6. The number of fused-ring (bicyclic) bond motifs is 1. The molecule has 0 spiro atoms. The third kappa shape index (κ3) is 3.52. The molecule has 0 aromatic heterocycles. The number of ether oxygens (including phenoxy) is 4. The normalized spacial score (nSPS) is 10.7. The van der Waals surface area contributed by atoms with Crippen LogP contribution >= 0.6 is 0 Å². The molecule has 4 nitrogen and oxygen atoms in total. The van der Waals surface area contributed by atoms with E-state index in [1.165, 1.54) is 27.6 Å². The standard InChI is InChI=1S/C23H26O4/c1-14-9-17-12-22(26-5)23(27-6)13-19(17)15(2)18(14)10-16-7-8-20(24-3)21(11-16)25-4/h7-9,11-13H,10H2,1-6H3. The Hall–Kier alpha value is -2.88. The fourth-order valence-corrected chi connectivity index (χ4v) is 3.58. The second-order valence-electron chi connectivity index (χ2n) is 6.59. The van der Waals surface area contributed by atoms with Gasteiger partial charge in [-0.2, -0.15) is 0 Å². The van der Waals surface area contributed by atoms with E-state index in [1.807, 2.05) is 18.2 Å². The molecule has 0 heterocycles. The molecule has 0 radical (unpaired) electrons. The lowest BCUT2D eigenvalue weighted by Crippen LogP contribution is -1.99. The van der Waals surface area contributed by atoms with E-state index in [0.717, 1.165) is 34.8 Å². The van der Waals surface area contributed by atoms with Crippen LogP contribution in [-0.2, 0) is 6.42 Å². The Morgan fingerprint density at radius 1 is 0.667 bits per heavy atom. The van der Waals surface area contributed by atoms with Gasteiger partial charge in [0, 0.05) is 0 Å². The van der Waals surface area contributed by atoms with Gasteiger partial charge in [0.05, 0.1) is 28.4 Å². The van der Waals surface area contributed by atoms with E-state index in [4.69, 9.17) is 18.9 Å². The lowest BCUT2D eigenvalue weighted by atomic mass is 9.91. The van der Waals surface area contributed by atoms with Crippen molar-refractivity contribution in [3.05, 3.63) is 58.7 Å². The zero-order valence-electron chi connectivity index (χ0n) is 16.8. The average Bonchev–Trinajstić information content (AvgIpc) is 2.69. The molecule has 3 aromatic carbocycles. The molecule has 0 fully saturated rings. The highest BCUT2D eigenvalue weighted by molar-refractivity contribution is 5.90. The molecule has 0 unspecified atom stereocenters. The van der Waals surface area contributed by atoms with Gasteiger partial charge in [0.15, 0.2) is 23.0 Å². The number of methoxy groups -OCH3 is 4. The van der Waals surface area contributed by atoms with E-state index >= 15 is 0 Å². The first kappa shape index (κ1) is 18.9. The molecule has 0 saturated carbocycles. The minimum Gasteiger partial charge on any atom is -0.493 e. The van der Waals surface area contributed by atoms with Crippen molar-refractivity contribution < 1.29 is 18.9 Å². The van der Waals surface area contributed by atoms with Gasteiger partial charge in [-0.25, -0.2) is 0 Å². The van der Waals surface area contributed by atoms with E-state index in [1.54, 1.807) is 28.4 Å². The fraction of sp³-hybridized carbons (Fsp3) is 0.304. The molecule has 0 amide bonds. The van der Waals surface area contributed by atoms with Crippen molar-refractivity contribution in [1.29, 1.82) is 0 Å². The summed E-state index contributed by atoms with van der Waals surface area (Å²) in [6.45, 7) is 4.32. The van der Waals surface area contributed by atoms with Crippen molar-refractivity contribution in [2.45, 2.75) is 20.3 Å². The van der Waals surface area contributed by atoms with Gasteiger partial charge in [-0.1, -0.05) is 12.1 Å². The molecule has 3 rings (SSSR count). The van der Waals surface area contributed by atoms with Crippen LogP contribution in [0.4, 0.5) is 0 Å². The Balaban J connectivity index is 2.09. The number of hydrogen-bond donors (Lipinski definition) is 0. The van der Waals surface area contributed by atoms with Crippen LogP contribution in [0.5, 0.6) is 23.0 Å². The molecular formula is C23H26O4. The summed E-state index contributed by atoms with van der Waals surface area (Å²) in [6, 6.07) is 12.4. The van der Waals surface area contributed by atoms with Crippen LogP contribution in [0.2, 0.25) is 0 Å². The van der Waals surface area contributed by atoms with E-state index in [-0.39, 0.29) is 0 Å². The Morgan fingerprint density at radius 3 is 1.89 bits per heavy atom. The molecule has 0 aliphatic rings. The van der Waals surface area contributed by atoms with Crippen LogP contribution in [-0.4, -0.2) is 28.4 Å². The van der Waals surface area contributed by atoms with Gasteiger partial charge >= 0.3 is 0 Å². The highest BCUT2D eigenvalue weighted by Crippen LogP contribution is 2.36. The topological polar surface area (TPSA) is 36.9 Å². The molecule has 4 heteroatoms. The lowest BCUT2D eigenvalue weighted by molar-refractivity contribution is 0.354. The summed E-state index contributed by atoms with van der Waals surface area (Å²) in [7, 11) is 6.64. The molecule has 3 aromatic rings. The van der Waals surface area contributed by atoms with Crippen molar-refractivity contribution in [2.24, 2.45) is 0 Å². The molecule has 27 heavy (non-hydrogen) atoms. The maximum atomic E-state index is 5.49. The van der Waals surface area contributed by atoms with Gasteiger partial charge in [0.1, 0.15) is 0 Å². The van der Waals surface area contributed by atoms with E-state index in [9.17, 15) is 0 Å². The maximum absolute atomic E-state index is 5.49. The van der Waals surface area contributed by atoms with Crippen LogP contribution in [0.3, 0.4) is 0 Å². The first-order valence-corrected chi connectivity index (χ1v) is 8.88. The summed E-state index contributed by atoms with van der Waals surface area (Å²) in [5, 5.41) is 2.33. The molecule has 0 aliphatic carbocycles. The number of benzene rings is 3. The Kier molecular flexibility index (Phi) is 5.45. The summed E-state index contributed by atoms with van der Waals surface area (Å²) >= 11 is 0. The predicted molar refractivity (Wildman–Crippen MR) is 109 cm³/mol. The number of aryl methyl sites for hydroxylation is 2. The van der Waals surface area contributed by atoms with E-state index in [2.05, 4.69) is 32.0 Å². The zero-order valence-corrected chi connectivity index (χ0v) is 16.8. The summed E-state index contributed by atoms with van der Waals surface area (Å²) < 4.78 is 21.7. The Morgan fingerprint density at radius 2 is 1.26 bits per heavy atom. The Labute approximate surface area is 160 Å². The van der Waals surface area contributed by atoms with Crippen molar-refractivity contribution in [2.75, 3.05) is 28.4 Å². The van der Waals surface area contributed by atoms with Gasteiger partial charge < -0.3 is 18.9 Å². The van der Waals surface area contributed by atoms with Crippen LogP contribution in [0.1, 0.15) is 22.3 Å². The molecule has 0 saturated heterocycles. The number of hydrogen-bond acceptors (Lipinski definition) is 4. The first-order chi connectivity index (χ1) is 13.0. The molecule has 0 atom stereocenters. The second-order valence-corrected chi connectivity index (χ2v) is 6.59. The van der Waals surface area contributed by atoms with Gasteiger partial charge in [0.2, 0.25) is 0 Å². The second kappa shape index (κ2) is 7.78. The van der Waals surface area contributed by atoms with Gasteiger partial charge in [-0.15, -0.1) is 0 Å². The van der Waals surface area contributed by atoms with Crippen LogP contribution in [0, 0.1) is 13.8 Å². The SMILES string of the molecule is COc1ccc(Cc2c(C)cc3cc(OC)c(OC)cc3c2C)cc1OC. The Bertz CT molecular complexity index is 976. The minimum absolute atomic E-state index is 0.741. The van der Waals surface area contributed by atoms with Gasteiger partial charge in [-0.3, -0.25) is 0 Å². The third-order valence-electron chi connectivity index (χ3n) is 5.09. The van der Waals surface area contributed by atoms with Crippen molar-refractivity contribution in [3.8, 4) is 23.0 Å². The minimum atomic E-state index is 0.741. The smallest absolute Gasteiger partial charge is 0.161 e. The molecule has 142 valence electrons. The predicted octanol–water partition coefficient (Wildman–Crippen LogP) is 5.08. The molecule has 0 N–H and O–H groups in total. The quantitative estimate of drug-likeness (QED) is 0.609. The molecular weight excluding hydrogens is 340 g/mol. The monoisotopic (exact) mass is 366 g/mol. The van der Waals surface area contributed by atoms with Crippen LogP contribution < -0.4 is 18.9 Å². The summed E-state index contributed by atoms with van der Waals surface area (Å²) in [6.07, 6.45) is 0.822. The van der Waals surface area contributed by atoms with E-state index < -0.39 is 0 Å². The van der Waals surface area contributed by atoms with E-state index in [0.29, 0.717) is 0 Å². The van der Waals surface area contributed by atoms with Crippen molar-refractivity contribution in [1.82, 2.24) is 0 Å². The highest BCUT2D eigenvalue weighted by Gasteiger charge is 2.14. The van der Waals surface area contributed by atoms with Crippen molar-refractivity contribution in [3.63, 3.8) is 0 Å². The summed E-state index contributed by atoms with van der Waals surface area (Å²) in [5.41, 5.74) is 4.99. The lowest BCUT2D eigenvalue weighted by Gasteiger charge is -2.17. The largest absolute Gasteiger partial charge is 0.493 e. The molecule has 0 aliphatic heterocycles. The van der Waals surface area contributed by atoms with Crippen LogP contribution in [0.25, 0.3) is 10.8 Å². The van der Waals surface area contributed by atoms with Crippen molar-refractivity contribution >= 4 is 10.8 Å². The highest BCUT2D eigenvalue weighted by atomic mass is 16.5. The number of rotatable bonds is 6. The maximum Gasteiger partial charge on any atom is 0.161 e. The third-order valence-corrected chi connectivity index (χ3v) is 5.09. The first-order valence-electron chi connectivity index (χ1n) is 8.88. The van der Waals surface area contributed by atoms with Crippen LogP contribution in [0.15, 0.2) is 36.4 Å². The summed E-state index contributed by atoms with van der Waals surface area (Å²) in [5.74, 6) is 2.98. The molecule has 0 bridgehead atoms.